The molecule has 0 saturated heterocycles. The van der Waals surface area contributed by atoms with Gasteiger partial charge in [0, 0.05) is 5.92 Å². The number of hydrogen-bond donors (Lipinski definition) is 1. The Morgan fingerprint density at radius 1 is 1.53 bits per heavy atom. The van der Waals surface area contributed by atoms with Gasteiger partial charge in [-0.25, -0.2) is 9.86 Å². The molecule has 96 valence electrons. The van der Waals surface area contributed by atoms with Crippen LogP contribution in [0.3, 0.4) is 0 Å². The van der Waals surface area contributed by atoms with E-state index >= 15 is 0 Å². The molecule has 0 saturated carbocycles. The standard InChI is InChI=1S/C12H19NO4/c1-6-7-9(2)10(11(15)16)13(8-14)17-12(3,4)5/h7-10H,1H2,2-5H3,(H,15,16). The van der Waals surface area contributed by atoms with Gasteiger partial charge in [0.15, 0.2) is 6.04 Å². The van der Waals surface area contributed by atoms with Gasteiger partial charge in [0.2, 0.25) is 6.41 Å². The second-order valence-corrected chi connectivity index (χ2v) is 4.68. The molecule has 0 fully saturated rings. The fraction of sp³-hybridized carbons (Fsp3) is 0.583. The maximum Gasteiger partial charge on any atom is 0.329 e. The molecule has 0 bridgehead atoms. The van der Waals surface area contributed by atoms with E-state index in [2.05, 4.69) is 12.3 Å². The topological polar surface area (TPSA) is 66.8 Å². The van der Waals surface area contributed by atoms with Crippen molar-refractivity contribution in [1.29, 1.82) is 0 Å². The summed E-state index contributed by atoms with van der Waals surface area (Å²) in [5, 5.41) is 9.94. The lowest BCUT2D eigenvalue weighted by molar-refractivity contribution is -0.238. The van der Waals surface area contributed by atoms with Crippen LogP contribution in [0.1, 0.15) is 27.7 Å². The molecular formula is C12H19NO4. The van der Waals surface area contributed by atoms with Crippen LogP contribution < -0.4 is 0 Å². The van der Waals surface area contributed by atoms with Crippen LogP contribution in [-0.4, -0.2) is 34.2 Å². The van der Waals surface area contributed by atoms with E-state index in [-0.39, 0.29) is 0 Å². The molecular weight excluding hydrogens is 222 g/mol. The molecule has 0 aromatic rings. The summed E-state index contributed by atoms with van der Waals surface area (Å²) in [6.07, 6.45) is 1.86. The predicted molar refractivity (Wildman–Crippen MR) is 63.0 cm³/mol. The largest absolute Gasteiger partial charge is 0.480 e. The molecule has 0 aliphatic rings. The van der Waals surface area contributed by atoms with Gasteiger partial charge in [0.05, 0.1) is 5.60 Å². The highest BCUT2D eigenvalue weighted by Gasteiger charge is 2.32. The van der Waals surface area contributed by atoms with Gasteiger partial charge in [0.25, 0.3) is 0 Å². The maximum atomic E-state index is 11.2. The second kappa shape index (κ2) is 6.23. The van der Waals surface area contributed by atoms with Crippen molar-refractivity contribution in [2.75, 3.05) is 0 Å². The van der Waals surface area contributed by atoms with Crippen LogP contribution in [0.25, 0.3) is 0 Å². The van der Waals surface area contributed by atoms with E-state index in [0.717, 1.165) is 5.06 Å². The Labute approximate surface area is 101 Å². The number of hydrogen-bond acceptors (Lipinski definition) is 3. The minimum atomic E-state index is -1.14. The van der Waals surface area contributed by atoms with Gasteiger partial charge in [-0.05, 0) is 26.8 Å². The van der Waals surface area contributed by atoms with Crippen molar-refractivity contribution >= 4 is 12.4 Å². The molecule has 2 unspecified atom stereocenters. The normalized spacial score (nSPS) is 14.4. The highest BCUT2D eigenvalue weighted by molar-refractivity contribution is 5.76. The van der Waals surface area contributed by atoms with Crippen molar-refractivity contribution in [1.82, 2.24) is 5.06 Å². The molecule has 0 aromatic heterocycles. The SMILES string of the molecule is C=C=CC(C)C(C(=O)O)N(C=O)OC(C)(C)C. The fourth-order valence-corrected chi connectivity index (χ4v) is 1.30. The number of carbonyl (C=O) groups is 2. The van der Waals surface area contributed by atoms with Gasteiger partial charge >= 0.3 is 5.97 Å². The predicted octanol–water partition coefficient (Wildman–Crippen LogP) is 1.61. The van der Waals surface area contributed by atoms with Crippen LogP contribution in [0.2, 0.25) is 0 Å². The van der Waals surface area contributed by atoms with Crippen molar-refractivity contribution in [3.8, 4) is 0 Å². The Morgan fingerprint density at radius 2 is 2.06 bits per heavy atom. The third-order valence-electron chi connectivity index (χ3n) is 1.89. The van der Waals surface area contributed by atoms with E-state index in [1.54, 1.807) is 27.7 Å². The first-order chi connectivity index (χ1) is 7.72. The van der Waals surface area contributed by atoms with Crippen molar-refractivity contribution in [3.05, 3.63) is 18.4 Å². The monoisotopic (exact) mass is 241 g/mol. The van der Waals surface area contributed by atoms with E-state index in [1.165, 1.54) is 6.08 Å². The highest BCUT2D eigenvalue weighted by atomic mass is 16.7. The number of carbonyl (C=O) groups excluding carboxylic acids is 1. The molecule has 2 atom stereocenters. The quantitative estimate of drug-likeness (QED) is 0.436. The minimum absolute atomic E-state index is 0.372. The number of amides is 1. The summed E-state index contributed by atoms with van der Waals surface area (Å²) in [6, 6.07) is -1.10. The summed E-state index contributed by atoms with van der Waals surface area (Å²) in [6.45, 7) is 10.2. The van der Waals surface area contributed by atoms with Crippen LogP contribution >= 0.6 is 0 Å². The van der Waals surface area contributed by atoms with Gasteiger partial charge in [0.1, 0.15) is 0 Å². The average Bonchev–Trinajstić information content (AvgIpc) is 2.14. The van der Waals surface area contributed by atoms with E-state index in [4.69, 9.17) is 9.94 Å². The fourth-order valence-electron chi connectivity index (χ4n) is 1.30. The van der Waals surface area contributed by atoms with Crippen LogP contribution in [0.4, 0.5) is 0 Å². The van der Waals surface area contributed by atoms with E-state index in [1.807, 2.05) is 0 Å². The van der Waals surface area contributed by atoms with E-state index in [9.17, 15) is 9.59 Å². The summed E-state index contributed by atoms with van der Waals surface area (Å²) in [5.74, 6) is -1.59. The molecule has 0 heterocycles. The molecule has 5 heteroatoms. The number of nitrogens with zero attached hydrogens (tertiary/aromatic N) is 1. The highest BCUT2D eigenvalue weighted by Crippen LogP contribution is 2.17. The summed E-state index contributed by atoms with van der Waals surface area (Å²) < 4.78 is 0. The Balaban J connectivity index is 5.07. The first-order valence-corrected chi connectivity index (χ1v) is 5.24. The summed E-state index contributed by atoms with van der Waals surface area (Å²) in [4.78, 5) is 27.4. The number of carboxylic acid groups (broad SMARTS) is 1. The Hall–Kier alpha value is -1.58. The molecule has 0 rings (SSSR count). The minimum Gasteiger partial charge on any atom is -0.480 e. The average molecular weight is 241 g/mol. The summed E-state index contributed by atoms with van der Waals surface area (Å²) in [7, 11) is 0. The number of aliphatic carboxylic acids is 1. The summed E-state index contributed by atoms with van der Waals surface area (Å²) in [5.41, 5.74) is 1.86. The molecule has 17 heavy (non-hydrogen) atoms. The number of carboxylic acids is 1. The van der Waals surface area contributed by atoms with Gasteiger partial charge in [-0.2, -0.15) is 0 Å². The van der Waals surface area contributed by atoms with Gasteiger partial charge in [-0.1, -0.05) is 13.5 Å². The van der Waals surface area contributed by atoms with Crippen molar-refractivity contribution < 1.29 is 19.5 Å². The lowest BCUT2D eigenvalue weighted by Gasteiger charge is -2.32. The lowest BCUT2D eigenvalue weighted by atomic mass is 10.0. The third kappa shape index (κ3) is 5.33. The molecule has 0 aromatic carbocycles. The zero-order chi connectivity index (χ0) is 13.6. The van der Waals surface area contributed by atoms with Crippen molar-refractivity contribution in [2.45, 2.75) is 39.3 Å². The lowest BCUT2D eigenvalue weighted by Crippen LogP contribution is -2.47. The smallest absolute Gasteiger partial charge is 0.329 e. The van der Waals surface area contributed by atoms with Crippen LogP contribution in [-0.2, 0) is 14.4 Å². The zero-order valence-corrected chi connectivity index (χ0v) is 10.6. The molecule has 0 spiro atoms. The van der Waals surface area contributed by atoms with Crippen LogP contribution in [0.15, 0.2) is 18.4 Å². The number of rotatable bonds is 6. The molecule has 0 radical (unpaired) electrons. The zero-order valence-electron chi connectivity index (χ0n) is 10.6. The van der Waals surface area contributed by atoms with Crippen LogP contribution in [0.5, 0.6) is 0 Å². The second-order valence-electron chi connectivity index (χ2n) is 4.68. The third-order valence-corrected chi connectivity index (χ3v) is 1.89. The van der Waals surface area contributed by atoms with Crippen molar-refractivity contribution in [2.24, 2.45) is 5.92 Å². The molecule has 1 amide bonds. The van der Waals surface area contributed by atoms with Gasteiger partial charge in [-0.3, -0.25) is 9.63 Å². The first kappa shape index (κ1) is 15.4. The molecule has 1 N–H and O–H groups in total. The van der Waals surface area contributed by atoms with Crippen LogP contribution in [0, 0.1) is 5.92 Å². The van der Waals surface area contributed by atoms with E-state index < -0.39 is 23.5 Å². The van der Waals surface area contributed by atoms with E-state index in [0.29, 0.717) is 6.41 Å². The van der Waals surface area contributed by atoms with Gasteiger partial charge in [-0.15, -0.1) is 5.73 Å². The molecule has 0 aliphatic heterocycles. The molecule has 0 aliphatic carbocycles. The van der Waals surface area contributed by atoms with Gasteiger partial charge < -0.3 is 5.11 Å². The maximum absolute atomic E-state index is 11.2. The first-order valence-electron chi connectivity index (χ1n) is 5.24. The Bertz CT molecular complexity index is 326. The molecule has 5 nitrogen and oxygen atoms in total. The summed E-state index contributed by atoms with van der Waals surface area (Å²) >= 11 is 0. The van der Waals surface area contributed by atoms with Crippen molar-refractivity contribution in [3.63, 3.8) is 0 Å². The Kier molecular flexibility index (Phi) is 5.65. The number of hydroxylamine groups is 2. The Morgan fingerprint density at radius 3 is 2.35 bits per heavy atom.